The first-order valence-electron chi connectivity index (χ1n) is 8.95. The largest absolute Gasteiger partial charge is 0.505 e. The van der Waals surface area contributed by atoms with Crippen molar-refractivity contribution in [2.75, 3.05) is 26.2 Å². The molecule has 3 heterocycles. The maximum Gasteiger partial charge on any atom is 0.254 e. The van der Waals surface area contributed by atoms with Crippen LogP contribution in [-0.4, -0.2) is 57.3 Å². The molecule has 27 heavy (non-hydrogen) atoms. The van der Waals surface area contributed by atoms with Crippen LogP contribution >= 0.6 is 0 Å². The van der Waals surface area contributed by atoms with Crippen LogP contribution in [0.15, 0.2) is 24.3 Å². The summed E-state index contributed by atoms with van der Waals surface area (Å²) in [5.74, 6) is -1.24. The number of rotatable bonds is 3. The minimum atomic E-state index is -0.733. The molecule has 1 aliphatic heterocycles. The van der Waals surface area contributed by atoms with E-state index in [0.29, 0.717) is 47.4 Å². The number of halogens is 1. The van der Waals surface area contributed by atoms with Gasteiger partial charge in [0.05, 0.1) is 22.3 Å². The second-order valence-corrected chi connectivity index (χ2v) is 6.51. The number of benzene rings is 1. The molecule has 0 saturated carbocycles. The van der Waals surface area contributed by atoms with Gasteiger partial charge in [-0.05, 0) is 30.7 Å². The number of hydrogen-bond donors (Lipinski definition) is 3. The predicted molar refractivity (Wildman–Crippen MR) is 99.1 cm³/mol. The van der Waals surface area contributed by atoms with Crippen LogP contribution in [0.3, 0.4) is 0 Å². The summed E-state index contributed by atoms with van der Waals surface area (Å²) in [6.07, 6.45) is 0.663. The highest BCUT2D eigenvalue weighted by Gasteiger charge is 2.24. The van der Waals surface area contributed by atoms with E-state index < -0.39 is 11.6 Å². The van der Waals surface area contributed by atoms with Gasteiger partial charge in [-0.1, -0.05) is 6.92 Å². The summed E-state index contributed by atoms with van der Waals surface area (Å²) in [4.78, 5) is 19.5. The van der Waals surface area contributed by atoms with Crippen LogP contribution in [0.1, 0.15) is 23.0 Å². The molecule has 1 aliphatic rings. The van der Waals surface area contributed by atoms with E-state index in [1.54, 1.807) is 17.0 Å². The molecular weight excluding hydrogens is 349 g/mol. The molecule has 3 N–H and O–H groups in total. The number of carbonyl (C=O) groups excluding carboxylic acids is 1. The number of pyridine rings is 1. The third-order valence-electron chi connectivity index (χ3n) is 4.82. The van der Waals surface area contributed by atoms with Gasteiger partial charge in [0.2, 0.25) is 0 Å². The molecule has 140 valence electrons. The number of aryl methyl sites for hydroxylation is 1. The average Bonchev–Trinajstić information content (AvgIpc) is 3.12. The van der Waals surface area contributed by atoms with Crippen molar-refractivity contribution in [1.82, 2.24) is 25.4 Å². The fourth-order valence-corrected chi connectivity index (χ4v) is 3.37. The van der Waals surface area contributed by atoms with E-state index in [1.165, 1.54) is 12.1 Å². The monoisotopic (exact) mass is 369 g/mol. The Balaban J connectivity index is 1.87. The number of amides is 1. The molecule has 1 fully saturated rings. The highest BCUT2D eigenvalue weighted by molar-refractivity contribution is 6.07. The minimum absolute atomic E-state index is 0.0829. The van der Waals surface area contributed by atoms with Crippen molar-refractivity contribution < 1.29 is 14.3 Å². The van der Waals surface area contributed by atoms with Gasteiger partial charge in [-0.15, -0.1) is 0 Å². The molecule has 3 aromatic rings. The third-order valence-corrected chi connectivity index (χ3v) is 4.82. The molecule has 8 heteroatoms. The van der Waals surface area contributed by atoms with E-state index in [1.807, 2.05) is 6.92 Å². The summed E-state index contributed by atoms with van der Waals surface area (Å²) >= 11 is 0. The lowest BCUT2D eigenvalue weighted by atomic mass is 10.0. The lowest BCUT2D eigenvalue weighted by Gasteiger charge is -2.27. The summed E-state index contributed by atoms with van der Waals surface area (Å²) in [5.41, 5.74) is 2.71. The van der Waals surface area contributed by atoms with Crippen LogP contribution in [0.25, 0.3) is 22.3 Å². The molecule has 1 saturated heterocycles. The van der Waals surface area contributed by atoms with Gasteiger partial charge in [0.15, 0.2) is 17.2 Å². The lowest BCUT2D eigenvalue weighted by Crippen LogP contribution is -2.46. The number of nitrogens with one attached hydrogen (secondary N) is 2. The van der Waals surface area contributed by atoms with Gasteiger partial charge in [-0.25, -0.2) is 9.37 Å². The molecule has 4 rings (SSSR count). The van der Waals surface area contributed by atoms with Crippen LogP contribution in [0.2, 0.25) is 0 Å². The molecule has 0 radical (unpaired) electrons. The number of carbonyl (C=O) groups is 1. The topological polar surface area (TPSA) is 94.1 Å². The van der Waals surface area contributed by atoms with Crippen molar-refractivity contribution in [3.63, 3.8) is 0 Å². The van der Waals surface area contributed by atoms with Gasteiger partial charge in [-0.2, -0.15) is 5.10 Å². The van der Waals surface area contributed by atoms with Crippen LogP contribution in [0, 0.1) is 5.82 Å². The van der Waals surface area contributed by atoms with E-state index in [0.717, 1.165) is 18.8 Å². The second-order valence-electron chi connectivity index (χ2n) is 6.51. The number of phenols is 1. The van der Waals surface area contributed by atoms with Crippen LogP contribution in [-0.2, 0) is 6.42 Å². The molecule has 0 unspecified atom stereocenters. The summed E-state index contributed by atoms with van der Waals surface area (Å²) < 4.78 is 13.8. The zero-order chi connectivity index (χ0) is 19.0. The van der Waals surface area contributed by atoms with Crippen molar-refractivity contribution in [3.05, 3.63) is 41.3 Å². The van der Waals surface area contributed by atoms with Crippen molar-refractivity contribution in [3.8, 4) is 17.0 Å². The van der Waals surface area contributed by atoms with Crippen molar-refractivity contribution in [1.29, 1.82) is 0 Å². The highest BCUT2D eigenvalue weighted by atomic mass is 19.1. The van der Waals surface area contributed by atoms with E-state index in [-0.39, 0.29) is 5.91 Å². The smallest absolute Gasteiger partial charge is 0.254 e. The molecule has 1 amide bonds. The summed E-state index contributed by atoms with van der Waals surface area (Å²) in [6, 6.07) is 5.74. The molecule has 2 aromatic heterocycles. The summed E-state index contributed by atoms with van der Waals surface area (Å²) in [5, 5.41) is 20.5. The zero-order valence-corrected chi connectivity index (χ0v) is 14.9. The molecule has 7 nitrogen and oxygen atoms in total. The normalized spacial score (nSPS) is 14.7. The number of piperazine rings is 1. The zero-order valence-electron chi connectivity index (χ0n) is 14.9. The Morgan fingerprint density at radius 3 is 2.78 bits per heavy atom. The maximum absolute atomic E-state index is 13.8. The van der Waals surface area contributed by atoms with Gasteiger partial charge in [-0.3, -0.25) is 9.89 Å². The van der Waals surface area contributed by atoms with Crippen molar-refractivity contribution in [2.45, 2.75) is 13.3 Å². The Morgan fingerprint density at radius 2 is 2.07 bits per heavy atom. The quantitative estimate of drug-likeness (QED) is 0.657. The van der Waals surface area contributed by atoms with Crippen molar-refractivity contribution >= 4 is 16.9 Å². The molecule has 0 atom stereocenters. The number of H-pyrrole nitrogens is 1. The van der Waals surface area contributed by atoms with E-state index in [2.05, 4.69) is 20.5 Å². The van der Waals surface area contributed by atoms with E-state index in [4.69, 9.17) is 0 Å². The number of aromatic hydroxyl groups is 1. The molecule has 1 aromatic carbocycles. The number of fused-ring (bicyclic) bond motifs is 1. The number of hydrogen-bond acceptors (Lipinski definition) is 5. The Morgan fingerprint density at radius 1 is 1.30 bits per heavy atom. The molecule has 0 spiro atoms. The van der Waals surface area contributed by atoms with Gasteiger partial charge in [0.1, 0.15) is 0 Å². The van der Waals surface area contributed by atoms with Gasteiger partial charge < -0.3 is 15.3 Å². The first-order valence-corrected chi connectivity index (χ1v) is 8.95. The number of aromatic nitrogens is 3. The van der Waals surface area contributed by atoms with Crippen molar-refractivity contribution in [2.24, 2.45) is 0 Å². The fourth-order valence-electron chi connectivity index (χ4n) is 3.37. The Labute approximate surface area is 155 Å². The SMILES string of the molecule is CCc1n[nH]c2nc(-c3ccc(O)c(F)c3)cc(C(=O)N3CCNCC3)c12. The Hall–Kier alpha value is -3.00. The lowest BCUT2D eigenvalue weighted by molar-refractivity contribution is 0.0737. The second kappa shape index (κ2) is 6.96. The molecule has 0 aliphatic carbocycles. The first kappa shape index (κ1) is 17.4. The average molecular weight is 369 g/mol. The van der Waals surface area contributed by atoms with Crippen LogP contribution in [0.4, 0.5) is 4.39 Å². The standard InChI is InChI=1S/C19H20FN5O2/c1-2-14-17-12(19(27)25-7-5-21-6-8-25)10-15(22-18(17)24-23-14)11-3-4-16(26)13(20)9-11/h3-4,9-10,21,26H,2,5-8H2,1H3,(H,22,23,24). The molecular formula is C19H20FN5O2. The third kappa shape index (κ3) is 3.12. The predicted octanol–water partition coefficient (Wildman–Crippen LogP) is 2.08. The maximum atomic E-state index is 13.8. The fraction of sp³-hybridized carbons (Fsp3) is 0.316. The highest BCUT2D eigenvalue weighted by Crippen LogP contribution is 2.29. The summed E-state index contributed by atoms with van der Waals surface area (Å²) in [7, 11) is 0. The van der Waals surface area contributed by atoms with Gasteiger partial charge >= 0.3 is 0 Å². The summed E-state index contributed by atoms with van der Waals surface area (Å²) in [6.45, 7) is 4.73. The number of nitrogens with zero attached hydrogens (tertiary/aromatic N) is 3. The molecule has 0 bridgehead atoms. The number of aromatic amines is 1. The van der Waals surface area contributed by atoms with Crippen LogP contribution < -0.4 is 5.32 Å². The van der Waals surface area contributed by atoms with E-state index >= 15 is 0 Å². The Bertz CT molecular complexity index is 1010. The minimum Gasteiger partial charge on any atom is -0.505 e. The van der Waals surface area contributed by atoms with E-state index in [9.17, 15) is 14.3 Å². The first-order chi connectivity index (χ1) is 13.1. The number of phenolic OH excluding ortho intramolecular Hbond substituents is 1. The Kier molecular flexibility index (Phi) is 4.49. The van der Waals surface area contributed by atoms with Crippen LogP contribution in [0.5, 0.6) is 5.75 Å². The van der Waals surface area contributed by atoms with Gasteiger partial charge in [0.25, 0.3) is 5.91 Å². The van der Waals surface area contributed by atoms with Gasteiger partial charge in [0, 0.05) is 31.7 Å².